The van der Waals surface area contributed by atoms with Crippen molar-refractivity contribution in [2.45, 2.75) is 6.42 Å². The molecule has 1 aliphatic heterocycles. The van der Waals surface area contributed by atoms with Crippen molar-refractivity contribution in [2.75, 3.05) is 17.4 Å². The minimum atomic E-state index is -0.442. The van der Waals surface area contributed by atoms with Gasteiger partial charge in [0, 0.05) is 5.56 Å². The number of nitrogens with one attached hydrogen (secondary N) is 2. The molecule has 7 nitrogen and oxygen atoms in total. The Morgan fingerprint density at radius 2 is 1.75 bits per heavy atom. The van der Waals surface area contributed by atoms with Crippen LogP contribution in [0.15, 0.2) is 42.5 Å². The fraction of sp³-hybridized carbons (Fsp3) is 0.118. The third-order valence-corrected chi connectivity index (χ3v) is 3.32. The van der Waals surface area contributed by atoms with Crippen molar-refractivity contribution in [1.29, 1.82) is 5.26 Å². The predicted octanol–water partition coefficient (Wildman–Crippen LogP) is 2.52. The summed E-state index contributed by atoms with van der Waals surface area (Å²) >= 11 is 0. The van der Waals surface area contributed by atoms with Gasteiger partial charge in [-0.15, -0.1) is 0 Å². The Kier molecular flexibility index (Phi) is 4.29. The van der Waals surface area contributed by atoms with Crippen molar-refractivity contribution >= 4 is 23.2 Å². The van der Waals surface area contributed by atoms with E-state index >= 15 is 0 Å². The number of rotatable bonds is 4. The van der Waals surface area contributed by atoms with Gasteiger partial charge in [0.1, 0.15) is 6.42 Å². The SMILES string of the molecule is N#CCC(=O)Nc1ccccc1NC(=O)c1ccc2c(c1)OCO2. The van der Waals surface area contributed by atoms with Gasteiger partial charge in [-0.05, 0) is 30.3 Å². The first-order valence-corrected chi connectivity index (χ1v) is 7.14. The smallest absolute Gasteiger partial charge is 0.255 e. The number of carbonyl (C=O) groups excluding carboxylic acids is 2. The Balaban J connectivity index is 1.77. The number of nitrogens with zero attached hydrogens (tertiary/aromatic N) is 1. The number of amides is 2. The molecule has 0 saturated heterocycles. The normalized spacial score (nSPS) is 11.5. The highest BCUT2D eigenvalue weighted by molar-refractivity contribution is 6.07. The molecule has 1 aliphatic rings. The number of benzene rings is 2. The number of fused-ring (bicyclic) bond motifs is 1. The van der Waals surface area contributed by atoms with E-state index in [-0.39, 0.29) is 19.1 Å². The Labute approximate surface area is 137 Å². The molecule has 2 N–H and O–H groups in total. The van der Waals surface area contributed by atoms with Crippen LogP contribution in [-0.4, -0.2) is 18.6 Å². The van der Waals surface area contributed by atoms with Gasteiger partial charge in [0.2, 0.25) is 12.7 Å². The van der Waals surface area contributed by atoms with E-state index < -0.39 is 5.91 Å². The fourth-order valence-electron chi connectivity index (χ4n) is 2.20. The summed E-state index contributed by atoms with van der Waals surface area (Å²) < 4.78 is 10.5. The number of hydrogen-bond donors (Lipinski definition) is 2. The molecule has 0 atom stereocenters. The second-order valence-corrected chi connectivity index (χ2v) is 4.95. The molecule has 24 heavy (non-hydrogen) atoms. The maximum Gasteiger partial charge on any atom is 0.255 e. The van der Waals surface area contributed by atoms with E-state index in [1.165, 1.54) is 0 Å². The predicted molar refractivity (Wildman–Crippen MR) is 85.8 cm³/mol. The number of anilines is 2. The van der Waals surface area contributed by atoms with Crippen molar-refractivity contribution in [3.05, 3.63) is 48.0 Å². The number of nitriles is 1. The average Bonchev–Trinajstić information content (AvgIpc) is 3.04. The third-order valence-electron chi connectivity index (χ3n) is 3.32. The second kappa shape index (κ2) is 6.71. The molecule has 0 fully saturated rings. The first-order chi connectivity index (χ1) is 11.7. The molecule has 0 radical (unpaired) electrons. The summed E-state index contributed by atoms with van der Waals surface area (Å²) in [6, 6.07) is 13.4. The van der Waals surface area contributed by atoms with Crippen molar-refractivity contribution in [3.8, 4) is 17.6 Å². The molecule has 0 aliphatic carbocycles. The zero-order valence-electron chi connectivity index (χ0n) is 12.5. The van der Waals surface area contributed by atoms with Gasteiger partial charge >= 0.3 is 0 Å². The summed E-state index contributed by atoms with van der Waals surface area (Å²) in [5, 5.41) is 13.9. The topological polar surface area (TPSA) is 100 Å². The van der Waals surface area contributed by atoms with Crippen LogP contribution < -0.4 is 20.1 Å². The van der Waals surface area contributed by atoms with Gasteiger partial charge in [-0.1, -0.05) is 12.1 Å². The van der Waals surface area contributed by atoms with Crippen LogP contribution in [0.3, 0.4) is 0 Å². The zero-order chi connectivity index (χ0) is 16.9. The van der Waals surface area contributed by atoms with Crippen LogP contribution in [0.25, 0.3) is 0 Å². The summed E-state index contributed by atoms with van der Waals surface area (Å²) in [6.45, 7) is 0.133. The Morgan fingerprint density at radius 3 is 2.50 bits per heavy atom. The van der Waals surface area contributed by atoms with Gasteiger partial charge in [0.15, 0.2) is 11.5 Å². The van der Waals surface area contributed by atoms with Crippen LogP contribution in [0.2, 0.25) is 0 Å². The third kappa shape index (κ3) is 3.28. The van der Waals surface area contributed by atoms with Crippen LogP contribution >= 0.6 is 0 Å². The minimum Gasteiger partial charge on any atom is -0.454 e. The van der Waals surface area contributed by atoms with E-state index in [4.69, 9.17) is 14.7 Å². The average molecular weight is 323 g/mol. The van der Waals surface area contributed by atoms with Gasteiger partial charge in [-0.2, -0.15) is 5.26 Å². The molecule has 2 aromatic carbocycles. The summed E-state index contributed by atoms with van der Waals surface area (Å²) in [4.78, 5) is 24.0. The van der Waals surface area contributed by atoms with Crippen molar-refractivity contribution in [2.24, 2.45) is 0 Å². The summed E-state index contributed by atoms with van der Waals surface area (Å²) in [7, 11) is 0. The van der Waals surface area contributed by atoms with Gasteiger partial charge in [-0.3, -0.25) is 9.59 Å². The molecule has 0 unspecified atom stereocenters. The van der Waals surface area contributed by atoms with Gasteiger partial charge < -0.3 is 20.1 Å². The molecule has 0 aromatic heterocycles. The van der Waals surface area contributed by atoms with Gasteiger partial charge in [0.25, 0.3) is 5.91 Å². The highest BCUT2D eigenvalue weighted by Crippen LogP contribution is 2.33. The maximum atomic E-state index is 12.4. The lowest BCUT2D eigenvalue weighted by Crippen LogP contribution is -2.16. The quantitative estimate of drug-likeness (QED) is 0.900. The Morgan fingerprint density at radius 1 is 1.04 bits per heavy atom. The lowest BCUT2D eigenvalue weighted by atomic mass is 10.1. The lowest BCUT2D eigenvalue weighted by Gasteiger charge is -2.11. The summed E-state index contributed by atoms with van der Waals surface area (Å²) in [5.41, 5.74) is 1.26. The van der Waals surface area contributed by atoms with E-state index in [1.54, 1.807) is 48.5 Å². The molecule has 1 heterocycles. The fourth-order valence-corrected chi connectivity index (χ4v) is 2.20. The first-order valence-electron chi connectivity index (χ1n) is 7.14. The first kappa shape index (κ1) is 15.4. The molecular weight excluding hydrogens is 310 g/mol. The van der Waals surface area contributed by atoms with Crippen LogP contribution in [0, 0.1) is 11.3 Å². The number of carbonyl (C=O) groups is 2. The molecule has 0 bridgehead atoms. The van der Waals surface area contributed by atoms with Crippen LogP contribution in [0.5, 0.6) is 11.5 Å². The van der Waals surface area contributed by atoms with Gasteiger partial charge in [-0.25, -0.2) is 0 Å². The summed E-state index contributed by atoms with van der Waals surface area (Å²) in [6.07, 6.45) is -0.259. The van der Waals surface area contributed by atoms with Crippen molar-refractivity contribution in [1.82, 2.24) is 0 Å². The highest BCUT2D eigenvalue weighted by atomic mass is 16.7. The molecular formula is C17H13N3O4. The Bertz CT molecular complexity index is 842. The van der Waals surface area contributed by atoms with Crippen LogP contribution in [-0.2, 0) is 4.79 Å². The highest BCUT2D eigenvalue weighted by Gasteiger charge is 2.17. The summed E-state index contributed by atoms with van der Waals surface area (Å²) in [5.74, 6) is 0.312. The monoisotopic (exact) mass is 323 g/mol. The standard InChI is InChI=1S/C17H13N3O4/c18-8-7-16(21)19-12-3-1-2-4-13(12)20-17(22)11-5-6-14-15(9-11)24-10-23-14/h1-6,9H,7,10H2,(H,19,21)(H,20,22). The van der Waals surface area contributed by atoms with E-state index in [0.717, 1.165) is 0 Å². The minimum absolute atomic E-state index is 0.133. The van der Waals surface area contributed by atoms with Crippen LogP contribution in [0.1, 0.15) is 16.8 Å². The molecule has 2 aromatic rings. The molecule has 0 saturated carbocycles. The molecule has 120 valence electrons. The van der Waals surface area contributed by atoms with Crippen molar-refractivity contribution in [3.63, 3.8) is 0 Å². The largest absolute Gasteiger partial charge is 0.454 e. The van der Waals surface area contributed by atoms with E-state index in [1.807, 2.05) is 0 Å². The van der Waals surface area contributed by atoms with Gasteiger partial charge in [0.05, 0.1) is 17.4 Å². The molecule has 2 amide bonds. The lowest BCUT2D eigenvalue weighted by molar-refractivity contribution is -0.115. The second-order valence-electron chi connectivity index (χ2n) is 4.95. The Hall–Kier alpha value is -3.53. The van der Waals surface area contributed by atoms with Crippen molar-refractivity contribution < 1.29 is 19.1 Å². The molecule has 0 spiro atoms. The van der Waals surface area contributed by atoms with Crippen LogP contribution in [0.4, 0.5) is 11.4 Å². The number of ether oxygens (including phenoxy) is 2. The molecule has 7 heteroatoms. The maximum absolute atomic E-state index is 12.4. The van der Waals surface area contributed by atoms with E-state index in [9.17, 15) is 9.59 Å². The van der Waals surface area contributed by atoms with E-state index in [2.05, 4.69) is 10.6 Å². The molecule has 3 rings (SSSR count). The zero-order valence-corrected chi connectivity index (χ0v) is 12.5. The number of hydrogen-bond acceptors (Lipinski definition) is 5. The van der Waals surface area contributed by atoms with E-state index in [0.29, 0.717) is 28.4 Å². The number of para-hydroxylation sites is 2.